The van der Waals surface area contributed by atoms with Crippen LogP contribution in [0.25, 0.3) is 0 Å². The van der Waals surface area contributed by atoms with E-state index in [1.807, 2.05) is 0 Å². The number of hydrogen-bond donors (Lipinski definition) is 0. The van der Waals surface area contributed by atoms with E-state index in [0.717, 1.165) is 18.9 Å². The molecule has 1 saturated heterocycles. The van der Waals surface area contributed by atoms with Gasteiger partial charge in [0.2, 0.25) is 0 Å². The Bertz CT molecular complexity index is 242. The van der Waals surface area contributed by atoms with Crippen molar-refractivity contribution in [3.63, 3.8) is 0 Å². The standard InChI is InChI=1S/C10H14O5/c1-2-9(11)15-7-10(12)14-6-8-4-3-5-13-8/h2,8H,1,3-7H2. The molecule has 0 N–H and O–H groups in total. The molecule has 1 heterocycles. The van der Waals surface area contributed by atoms with Crippen molar-refractivity contribution < 1.29 is 23.8 Å². The van der Waals surface area contributed by atoms with Gasteiger partial charge < -0.3 is 14.2 Å². The summed E-state index contributed by atoms with van der Waals surface area (Å²) in [7, 11) is 0. The summed E-state index contributed by atoms with van der Waals surface area (Å²) in [5, 5.41) is 0. The number of rotatable bonds is 5. The molecule has 1 unspecified atom stereocenters. The highest BCUT2D eigenvalue weighted by Crippen LogP contribution is 2.11. The van der Waals surface area contributed by atoms with E-state index in [1.54, 1.807) is 0 Å². The Morgan fingerprint density at radius 3 is 2.87 bits per heavy atom. The van der Waals surface area contributed by atoms with E-state index in [-0.39, 0.29) is 19.3 Å². The number of esters is 2. The van der Waals surface area contributed by atoms with Gasteiger partial charge in [0.05, 0.1) is 6.10 Å². The summed E-state index contributed by atoms with van der Waals surface area (Å²) < 4.78 is 14.6. The molecule has 5 nitrogen and oxygen atoms in total. The first-order chi connectivity index (χ1) is 7.22. The number of carbonyl (C=O) groups is 2. The lowest BCUT2D eigenvalue weighted by Gasteiger charge is -2.09. The molecule has 1 aliphatic heterocycles. The Hall–Kier alpha value is -1.36. The molecular weight excluding hydrogens is 200 g/mol. The normalized spacial score (nSPS) is 19.6. The second-order valence-electron chi connectivity index (χ2n) is 3.13. The monoisotopic (exact) mass is 214 g/mol. The van der Waals surface area contributed by atoms with Crippen LogP contribution in [-0.4, -0.2) is 37.9 Å². The number of ether oxygens (including phenoxy) is 3. The molecule has 1 fully saturated rings. The lowest BCUT2D eigenvalue weighted by molar-refractivity contribution is -0.158. The molecule has 15 heavy (non-hydrogen) atoms. The molecule has 0 spiro atoms. The van der Waals surface area contributed by atoms with E-state index < -0.39 is 11.9 Å². The third-order valence-corrected chi connectivity index (χ3v) is 1.95. The minimum atomic E-state index is -0.635. The van der Waals surface area contributed by atoms with Gasteiger partial charge in [-0.3, -0.25) is 0 Å². The molecule has 0 amide bonds. The Labute approximate surface area is 88.0 Å². The fraction of sp³-hybridized carbons (Fsp3) is 0.600. The zero-order valence-corrected chi connectivity index (χ0v) is 8.44. The van der Waals surface area contributed by atoms with Crippen LogP contribution in [-0.2, 0) is 23.8 Å². The van der Waals surface area contributed by atoms with Gasteiger partial charge in [0.25, 0.3) is 0 Å². The number of hydrogen-bond acceptors (Lipinski definition) is 5. The molecule has 0 radical (unpaired) electrons. The van der Waals surface area contributed by atoms with Crippen molar-refractivity contribution >= 4 is 11.9 Å². The van der Waals surface area contributed by atoms with Crippen LogP contribution in [0.15, 0.2) is 12.7 Å². The molecule has 1 aliphatic rings. The maximum absolute atomic E-state index is 11.0. The van der Waals surface area contributed by atoms with Gasteiger partial charge in [-0.15, -0.1) is 0 Å². The van der Waals surface area contributed by atoms with E-state index in [1.165, 1.54) is 0 Å². The first-order valence-electron chi connectivity index (χ1n) is 4.79. The van der Waals surface area contributed by atoms with Gasteiger partial charge in [0.1, 0.15) is 6.61 Å². The van der Waals surface area contributed by atoms with Crippen LogP contribution in [0.1, 0.15) is 12.8 Å². The lowest BCUT2D eigenvalue weighted by Crippen LogP contribution is -2.21. The minimum absolute atomic E-state index is 0.0101. The Balaban J connectivity index is 2.07. The summed E-state index contributed by atoms with van der Waals surface area (Å²) >= 11 is 0. The topological polar surface area (TPSA) is 61.8 Å². The van der Waals surface area contributed by atoms with Crippen LogP contribution >= 0.6 is 0 Å². The predicted molar refractivity (Wildman–Crippen MR) is 51.1 cm³/mol. The molecule has 84 valence electrons. The first-order valence-corrected chi connectivity index (χ1v) is 4.79. The van der Waals surface area contributed by atoms with Gasteiger partial charge in [-0.2, -0.15) is 0 Å². The van der Waals surface area contributed by atoms with E-state index in [0.29, 0.717) is 6.61 Å². The van der Waals surface area contributed by atoms with Crippen LogP contribution in [0.2, 0.25) is 0 Å². The fourth-order valence-corrected chi connectivity index (χ4v) is 1.19. The van der Waals surface area contributed by atoms with Gasteiger partial charge in [-0.05, 0) is 12.8 Å². The fourth-order valence-electron chi connectivity index (χ4n) is 1.19. The third kappa shape index (κ3) is 4.60. The van der Waals surface area contributed by atoms with Gasteiger partial charge in [0, 0.05) is 12.7 Å². The maximum Gasteiger partial charge on any atom is 0.344 e. The molecular formula is C10H14O5. The molecule has 1 rings (SSSR count). The first kappa shape index (κ1) is 11.7. The van der Waals surface area contributed by atoms with Crippen LogP contribution < -0.4 is 0 Å². The molecule has 1 atom stereocenters. The zero-order valence-electron chi connectivity index (χ0n) is 8.44. The van der Waals surface area contributed by atoms with Crippen molar-refractivity contribution in [1.29, 1.82) is 0 Å². The Morgan fingerprint density at radius 2 is 2.27 bits per heavy atom. The van der Waals surface area contributed by atoms with Crippen molar-refractivity contribution in [3.05, 3.63) is 12.7 Å². The van der Waals surface area contributed by atoms with Crippen LogP contribution in [0.5, 0.6) is 0 Å². The highest BCUT2D eigenvalue weighted by molar-refractivity contribution is 5.83. The molecule has 0 aliphatic carbocycles. The summed E-state index contributed by atoms with van der Waals surface area (Å²) in [5.74, 6) is -1.20. The predicted octanol–water partition coefficient (Wildman–Crippen LogP) is 0.438. The molecule has 5 heteroatoms. The third-order valence-electron chi connectivity index (χ3n) is 1.95. The van der Waals surface area contributed by atoms with Gasteiger partial charge in [-0.25, -0.2) is 9.59 Å². The molecule has 0 aromatic rings. The summed E-state index contributed by atoms with van der Waals surface area (Å²) in [5.41, 5.74) is 0. The molecule has 0 aromatic heterocycles. The lowest BCUT2D eigenvalue weighted by atomic mass is 10.2. The second kappa shape index (κ2) is 6.19. The van der Waals surface area contributed by atoms with Crippen LogP contribution in [0.3, 0.4) is 0 Å². The van der Waals surface area contributed by atoms with Gasteiger partial charge in [-0.1, -0.05) is 6.58 Å². The van der Waals surface area contributed by atoms with Crippen molar-refractivity contribution in [2.75, 3.05) is 19.8 Å². The Kier molecular flexibility index (Phi) is 4.83. The van der Waals surface area contributed by atoms with Crippen molar-refractivity contribution in [1.82, 2.24) is 0 Å². The van der Waals surface area contributed by atoms with Gasteiger partial charge in [0.15, 0.2) is 6.61 Å². The smallest absolute Gasteiger partial charge is 0.344 e. The largest absolute Gasteiger partial charge is 0.460 e. The summed E-state index contributed by atoms with van der Waals surface area (Å²) in [6.07, 6.45) is 2.88. The maximum atomic E-state index is 11.0. The summed E-state index contributed by atoms with van der Waals surface area (Å²) in [6.45, 7) is 3.77. The summed E-state index contributed by atoms with van der Waals surface area (Å²) in [6, 6.07) is 0. The number of carbonyl (C=O) groups excluding carboxylic acids is 2. The van der Waals surface area contributed by atoms with E-state index >= 15 is 0 Å². The highest BCUT2D eigenvalue weighted by Gasteiger charge is 2.17. The summed E-state index contributed by atoms with van der Waals surface area (Å²) in [4.78, 5) is 21.6. The van der Waals surface area contributed by atoms with Crippen molar-refractivity contribution in [2.45, 2.75) is 18.9 Å². The van der Waals surface area contributed by atoms with Crippen molar-refractivity contribution in [3.8, 4) is 0 Å². The van der Waals surface area contributed by atoms with Crippen LogP contribution in [0.4, 0.5) is 0 Å². The van der Waals surface area contributed by atoms with Gasteiger partial charge >= 0.3 is 11.9 Å². The SMILES string of the molecule is C=CC(=O)OCC(=O)OCC1CCCO1. The van der Waals surface area contributed by atoms with E-state index in [9.17, 15) is 9.59 Å². The van der Waals surface area contributed by atoms with E-state index in [2.05, 4.69) is 11.3 Å². The molecule has 0 saturated carbocycles. The average molecular weight is 214 g/mol. The van der Waals surface area contributed by atoms with E-state index in [4.69, 9.17) is 9.47 Å². The van der Waals surface area contributed by atoms with Crippen molar-refractivity contribution in [2.24, 2.45) is 0 Å². The second-order valence-corrected chi connectivity index (χ2v) is 3.13. The molecule has 0 aromatic carbocycles. The Morgan fingerprint density at radius 1 is 1.47 bits per heavy atom. The zero-order chi connectivity index (χ0) is 11.1. The minimum Gasteiger partial charge on any atom is -0.460 e. The highest BCUT2D eigenvalue weighted by atomic mass is 16.6. The van der Waals surface area contributed by atoms with Crippen LogP contribution in [0, 0.1) is 0 Å². The molecule has 0 bridgehead atoms. The average Bonchev–Trinajstić information content (AvgIpc) is 2.75. The quantitative estimate of drug-likeness (QED) is 0.491.